The van der Waals surface area contributed by atoms with Crippen LogP contribution in [0.25, 0.3) is 0 Å². The molecule has 0 aromatic heterocycles. The number of imide groups is 1. The first kappa shape index (κ1) is 25.8. The van der Waals surface area contributed by atoms with Gasteiger partial charge >= 0.3 is 0 Å². The van der Waals surface area contributed by atoms with Crippen LogP contribution in [0.1, 0.15) is 37.9 Å². The van der Waals surface area contributed by atoms with Crippen molar-refractivity contribution in [3.63, 3.8) is 0 Å². The summed E-state index contributed by atoms with van der Waals surface area (Å²) in [5.41, 5.74) is 2.96. The van der Waals surface area contributed by atoms with Gasteiger partial charge in [0.25, 0.3) is 17.7 Å². The number of benzene rings is 3. The number of methoxy groups -OCH3 is 1. The van der Waals surface area contributed by atoms with E-state index in [2.05, 4.69) is 0 Å². The van der Waals surface area contributed by atoms with Gasteiger partial charge in [-0.25, -0.2) is 0 Å². The van der Waals surface area contributed by atoms with Crippen LogP contribution >= 0.6 is 11.6 Å². The number of carbonyl (C=O) groups is 3. The summed E-state index contributed by atoms with van der Waals surface area (Å²) < 4.78 is 5.27. The fourth-order valence-electron chi connectivity index (χ4n) is 4.98. The molecule has 0 aliphatic carbocycles. The minimum Gasteiger partial charge on any atom is -0.497 e. The lowest BCUT2D eigenvalue weighted by atomic mass is 10.1. The van der Waals surface area contributed by atoms with Crippen LogP contribution < -0.4 is 9.64 Å². The molecule has 3 aromatic rings. The third-order valence-electron chi connectivity index (χ3n) is 7.09. The average Bonchev–Trinajstić information content (AvgIpc) is 3.20. The van der Waals surface area contributed by atoms with Crippen molar-refractivity contribution in [3.05, 3.63) is 94.0 Å². The van der Waals surface area contributed by atoms with Crippen LogP contribution in [0.3, 0.4) is 0 Å². The minimum absolute atomic E-state index is 0.268. The quantitative estimate of drug-likeness (QED) is 0.467. The highest BCUT2D eigenvalue weighted by atomic mass is 35.5. The number of hydrogen-bond donors (Lipinski definition) is 1. The van der Waals surface area contributed by atoms with Gasteiger partial charge in [-0.1, -0.05) is 41.9 Å². The molecular weight excluding hydrogens is 506 g/mol. The van der Waals surface area contributed by atoms with Crippen LogP contribution in [0, 0.1) is 0 Å². The summed E-state index contributed by atoms with van der Waals surface area (Å²) in [6.45, 7) is 1.98. The number of carbonyl (C=O) groups excluding carboxylic acids is 3. The molecular formula is C29H28ClN3O5. The summed E-state index contributed by atoms with van der Waals surface area (Å²) in [7, 11) is 1.60. The van der Waals surface area contributed by atoms with Crippen LogP contribution in [0.15, 0.2) is 66.7 Å². The van der Waals surface area contributed by atoms with E-state index < -0.39 is 6.10 Å². The minimum atomic E-state index is -1.27. The lowest BCUT2D eigenvalue weighted by Crippen LogP contribution is -2.50. The lowest BCUT2D eigenvalue weighted by Gasteiger charge is -2.37. The second-order valence-corrected chi connectivity index (χ2v) is 9.77. The smallest absolute Gasteiger partial charge is 0.263 e. The van der Waals surface area contributed by atoms with E-state index in [1.807, 2.05) is 35.2 Å². The number of rotatable bonds is 7. The molecule has 196 valence electrons. The highest BCUT2D eigenvalue weighted by molar-refractivity contribution is 6.30. The van der Waals surface area contributed by atoms with Crippen molar-refractivity contribution in [3.8, 4) is 5.75 Å². The van der Waals surface area contributed by atoms with Crippen molar-refractivity contribution in [2.24, 2.45) is 0 Å². The summed E-state index contributed by atoms with van der Waals surface area (Å²) in [4.78, 5) is 44.4. The van der Waals surface area contributed by atoms with Crippen molar-refractivity contribution in [2.75, 3.05) is 44.7 Å². The summed E-state index contributed by atoms with van der Waals surface area (Å²) in [5.74, 6) is -0.250. The van der Waals surface area contributed by atoms with E-state index in [4.69, 9.17) is 16.3 Å². The second kappa shape index (κ2) is 10.8. The number of amides is 3. The number of nitrogens with zero attached hydrogens (tertiary/aromatic N) is 3. The van der Waals surface area contributed by atoms with Gasteiger partial charge in [0.15, 0.2) is 6.10 Å². The Morgan fingerprint density at radius 2 is 1.68 bits per heavy atom. The maximum absolute atomic E-state index is 13.4. The van der Waals surface area contributed by atoms with Crippen LogP contribution in [-0.2, 0) is 11.2 Å². The molecule has 9 heteroatoms. The molecule has 3 amide bonds. The number of fused-ring (bicyclic) bond motifs is 1. The zero-order chi connectivity index (χ0) is 26.8. The van der Waals surface area contributed by atoms with Crippen molar-refractivity contribution in [1.82, 2.24) is 9.80 Å². The summed E-state index contributed by atoms with van der Waals surface area (Å²) in [5, 5.41) is 11.1. The molecule has 2 aliphatic rings. The largest absolute Gasteiger partial charge is 0.497 e. The molecule has 1 fully saturated rings. The van der Waals surface area contributed by atoms with E-state index in [1.165, 1.54) is 4.90 Å². The zero-order valence-corrected chi connectivity index (χ0v) is 21.7. The molecule has 3 aromatic carbocycles. The first-order valence-corrected chi connectivity index (χ1v) is 12.8. The van der Waals surface area contributed by atoms with Gasteiger partial charge < -0.3 is 19.6 Å². The van der Waals surface area contributed by atoms with E-state index in [9.17, 15) is 19.5 Å². The fraction of sp³-hybridized carbons (Fsp3) is 0.276. The van der Waals surface area contributed by atoms with Crippen LogP contribution in [0.2, 0.25) is 5.02 Å². The lowest BCUT2D eigenvalue weighted by molar-refractivity contribution is -0.140. The number of aliphatic hydroxyl groups is 1. The molecule has 0 spiro atoms. The van der Waals surface area contributed by atoms with Gasteiger partial charge in [0, 0.05) is 37.7 Å². The number of ether oxygens (including phenoxy) is 1. The predicted molar refractivity (Wildman–Crippen MR) is 144 cm³/mol. The molecule has 0 saturated carbocycles. The third-order valence-corrected chi connectivity index (χ3v) is 7.34. The summed E-state index contributed by atoms with van der Waals surface area (Å²) in [6, 6.07) is 19.4. The monoisotopic (exact) mass is 533 g/mol. The topological polar surface area (TPSA) is 90.4 Å². The van der Waals surface area contributed by atoms with Crippen molar-refractivity contribution in [2.45, 2.75) is 12.5 Å². The molecule has 2 aliphatic heterocycles. The van der Waals surface area contributed by atoms with Gasteiger partial charge in [0.1, 0.15) is 5.75 Å². The number of anilines is 1. The Bertz CT molecular complexity index is 1370. The maximum Gasteiger partial charge on any atom is 0.263 e. The van der Waals surface area contributed by atoms with Gasteiger partial charge in [0.05, 0.1) is 23.9 Å². The number of aliphatic hydroxyl groups excluding tert-OH is 1. The highest BCUT2D eigenvalue weighted by Crippen LogP contribution is 2.33. The van der Waals surface area contributed by atoms with E-state index in [0.29, 0.717) is 60.0 Å². The van der Waals surface area contributed by atoms with E-state index in [1.54, 1.807) is 48.4 Å². The molecule has 1 saturated heterocycles. The van der Waals surface area contributed by atoms with Crippen LogP contribution in [-0.4, -0.2) is 72.5 Å². The first-order valence-electron chi connectivity index (χ1n) is 12.5. The number of piperazine rings is 1. The second-order valence-electron chi connectivity index (χ2n) is 9.33. The molecule has 1 N–H and O–H groups in total. The van der Waals surface area contributed by atoms with Gasteiger partial charge in [-0.3, -0.25) is 19.3 Å². The van der Waals surface area contributed by atoms with E-state index in [0.717, 1.165) is 11.3 Å². The van der Waals surface area contributed by atoms with Gasteiger partial charge in [0.2, 0.25) is 0 Å². The maximum atomic E-state index is 13.4. The van der Waals surface area contributed by atoms with Crippen molar-refractivity contribution < 1.29 is 24.2 Å². The standard InChI is InChI=1S/C29H28ClN3O5/c1-38-22-5-2-4-19(18-22)12-13-33-27(35)23-6-3-7-24(25(23)28(33)36)31-14-16-32(17-15-31)29(37)26(34)20-8-10-21(30)11-9-20/h2-11,18,26,34H,12-17H2,1H3/t26-/m0/s1. The Labute approximate surface area is 226 Å². The molecule has 38 heavy (non-hydrogen) atoms. The normalized spacial score (nSPS) is 16.0. The molecule has 8 nitrogen and oxygen atoms in total. The number of hydrogen-bond acceptors (Lipinski definition) is 6. The fourth-order valence-corrected chi connectivity index (χ4v) is 5.11. The van der Waals surface area contributed by atoms with Gasteiger partial charge in [-0.05, 0) is 53.9 Å². The van der Waals surface area contributed by atoms with Crippen LogP contribution in [0.4, 0.5) is 5.69 Å². The van der Waals surface area contributed by atoms with Crippen molar-refractivity contribution >= 4 is 35.0 Å². The summed E-state index contributed by atoms with van der Waals surface area (Å²) >= 11 is 5.91. The van der Waals surface area contributed by atoms with Crippen molar-refractivity contribution in [1.29, 1.82) is 0 Å². The Kier molecular flexibility index (Phi) is 7.35. The predicted octanol–water partition coefficient (Wildman–Crippen LogP) is 3.57. The highest BCUT2D eigenvalue weighted by Gasteiger charge is 2.39. The first-order chi connectivity index (χ1) is 18.4. The SMILES string of the molecule is COc1cccc(CCN2C(=O)c3cccc(N4CCN(C(=O)[C@@H](O)c5ccc(Cl)cc5)CC4)c3C2=O)c1. The Hall–Kier alpha value is -3.88. The van der Waals surface area contributed by atoms with Gasteiger partial charge in [-0.15, -0.1) is 0 Å². The molecule has 2 heterocycles. The van der Waals surface area contributed by atoms with E-state index in [-0.39, 0.29) is 24.3 Å². The molecule has 1 atom stereocenters. The van der Waals surface area contributed by atoms with E-state index >= 15 is 0 Å². The molecule has 0 bridgehead atoms. The average molecular weight is 534 g/mol. The molecule has 0 unspecified atom stereocenters. The Morgan fingerprint density at radius 1 is 0.974 bits per heavy atom. The molecule has 5 rings (SSSR count). The number of halogens is 1. The Morgan fingerprint density at radius 3 is 2.39 bits per heavy atom. The Balaban J connectivity index is 1.26. The zero-order valence-electron chi connectivity index (χ0n) is 21.0. The van der Waals surface area contributed by atoms with Crippen LogP contribution in [0.5, 0.6) is 5.75 Å². The summed E-state index contributed by atoms with van der Waals surface area (Å²) in [6.07, 6.45) is -0.744. The molecule has 0 radical (unpaired) electrons. The third kappa shape index (κ3) is 4.97. The van der Waals surface area contributed by atoms with Gasteiger partial charge in [-0.2, -0.15) is 0 Å².